The molecule has 1 unspecified atom stereocenters. The number of nitrogens with zero attached hydrogens (tertiary/aromatic N) is 4. The van der Waals surface area contributed by atoms with E-state index < -0.39 is 0 Å². The zero-order chi connectivity index (χ0) is 13.7. The van der Waals surface area contributed by atoms with E-state index >= 15 is 0 Å². The standard InChI is InChI=1S/C14H19FN4/c1-2-4-12(11-16)18-7-9-19(10-8-18)14-13(15)5-3-6-17-14/h3,5-6,12H,2,4,7-10H2,1H3. The van der Waals surface area contributed by atoms with Crippen LogP contribution in [0.3, 0.4) is 0 Å². The van der Waals surface area contributed by atoms with Gasteiger partial charge in [-0.15, -0.1) is 0 Å². The van der Waals surface area contributed by atoms with Crippen molar-refractivity contribution in [3.05, 3.63) is 24.1 Å². The zero-order valence-corrected chi connectivity index (χ0v) is 11.2. The quantitative estimate of drug-likeness (QED) is 0.833. The molecule has 0 spiro atoms. The predicted molar refractivity (Wildman–Crippen MR) is 72.3 cm³/mol. The lowest BCUT2D eigenvalue weighted by atomic mass is 10.1. The van der Waals surface area contributed by atoms with Crippen molar-refractivity contribution in [1.82, 2.24) is 9.88 Å². The zero-order valence-electron chi connectivity index (χ0n) is 11.2. The molecular weight excluding hydrogens is 243 g/mol. The normalized spacial score (nSPS) is 18.1. The highest BCUT2D eigenvalue weighted by Crippen LogP contribution is 2.18. The van der Waals surface area contributed by atoms with Crippen molar-refractivity contribution < 1.29 is 4.39 Å². The molecule has 102 valence electrons. The third-order valence-electron chi connectivity index (χ3n) is 3.50. The van der Waals surface area contributed by atoms with E-state index in [9.17, 15) is 4.39 Å². The number of nitriles is 1. The maximum atomic E-state index is 13.6. The first kappa shape index (κ1) is 13.8. The van der Waals surface area contributed by atoms with Gasteiger partial charge in [-0.05, 0) is 18.6 Å². The van der Waals surface area contributed by atoms with E-state index in [0.29, 0.717) is 5.82 Å². The summed E-state index contributed by atoms with van der Waals surface area (Å²) < 4.78 is 13.6. The molecule has 1 atom stereocenters. The number of hydrogen-bond donors (Lipinski definition) is 0. The van der Waals surface area contributed by atoms with Crippen LogP contribution in [0.4, 0.5) is 10.2 Å². The maximum absolute atomic E-state index is 13.6. The van der Waals surface area contributed by atoms with Crippen LogP contribution in [0.15, 0.2) is 18.3 Å². The number of halogens is 1. The Balaban J connectivity index is 1.96. The Morgan fingerprint density at radius 3 is 2.74 bits per heavy atom. The van der Waals surface area contributed by atoms with Gasteiger partial charge in [-0.25, -0.2) is 9.37 Å². The molecule has 2 rings (SSSR count). The van der Waals surface area contributed by atoms with Crippen LogP contribution >= 0.6 is 0 Å². The second-order valence-corrected chi connectivity index (χ2v) is 4.77. The van der Waals surface area contributed by atoms with Crippen LogP contribution in [-0.4, -0.2) is 42.1 Å². The Bertz CT molecular complexity index is 449. The molecular formula is C14H19FN4. The highest BCUT2D eigenvalue weighted by molar-refractivity contribution is 5.40. The summed E-state index contributed by atoms with van der Waals surface area (Å²) in [7, 11) is 0. The third-order valence-corrected chi connectivity index (χ3v) is 3.50. The van der Waals surface area contributed by atoms with Crippen LogP contribution in [0.25, 0.3) is 0 Å². The van der Waals surface area contributed by atoms with Gasteiger partial charge in [0.05, 0.1) is 12.1 Å². The summed E-state index contributed by atoms with van der Waals surface area (Å²) in [5.41, 5.74) is 0. The Morgan fingerprint density at radius 2 is 2.16 bits per heavy atom. The predicted octanol–water partition coefficient (Wildman–Crippen LogP) is 2.03. The van der Waals surface area contributed by atoms with E-state index in [0.717, 1.165) is 39.0 Å². The van der Waals surface area contributed by atoms with Gasteiger partial charge in [-0.1, -0.05) is 13.3 Å². The molecule has 1 saturated heterocycles. The Kier molecular flexibility index (Phi) is 4.69. The molecule has 1 aliphatic heterocycles. The van der Waals surface area contributed by atoms with Crippen LogP contribution in [0.1, 0.15) is 19.8 Å². The smallest absolute Gasteiger partial charge is 0.165 e. The topological polar surface area (TPSA) is 43.2 Å². The van der Waals surface area contributed by atoms with Gasteiger partial charge >= 0.3 is 0 Å². The Labute approximate surface area is 113 Å². The number of hydrogen-bond acceptors (Lipinski definition) is 4. The SMILES string of the molecule is CCCC(C#N)N1CCN(c2ncccc2F)CC1. The second-order valence-electron chi connectivity index (χ2n) is 4.77. The van der Waals surface area contributed by atoms with Crippen molar-refractivity contribution in [2.75, 3.05) is 31.1 Å². The van der Waals surface area contributed by atoms with Gasteiger partial charge in [0.1, 0.15) is 0 Å². The first-order valence-corrected chi connectivity index (χ1v) is 6.75. The van der Waals surface area contributed by atoms with Crippen molar-refractivity contribution in [3.8, 4) is 6.07 Å². The largest absolute Gasteiger partial charge is 0.352 e. The summed E-state index contributed by atoms with van der Waals surface area (Å²) in [6.45, 7) is 5.10. The number of piperazine rings is 1. The number of aromatic nitrogens is 1. The molecule has 1 aromatic heterocycles. The minimum absolute atomic E-state index is 0.0132. The monoisotopic (exact) mass is 262 g/mol. The summed E-state index contributed by atoms with van der Waals surface area (Å²) in [5, 5.41) is 9.16. The lowest BCUT2D eigenvalue weighted by Crippen LogP contribution is -2.50. The molecule has 0 amide bonds. The fourth-order valence-electron chi connectivity index (χ4n) is 2.46. The van der Waals surface area contributed by atoms with Gasteiger partial charge in [0.2, 0.25) is 0 Å². The molecule has 2 heterocycles. The maximum Gasteiger partial charge on any atom is 0.165 e. The molecule has 0 aromatic carbocycles. The minimum Gasteiger partial charge on any atom is -0.352 e. The van der Waals surface area contributed by atoms with Gasteiger partial charge in [0.25, 0.3) is 0 Å². The first-order chi connectivity index (χ1) is 9.26. The molecule has 0 N–H and O–H groups in total. The van der Waals surface area contributed by atoms with Gasteiger partial charge in [-0.3, -0.25) is 4.90 Å². The van der Waals surface area contributed by atoms with Crippen LogP contribution in [0.2, 0.25) is 0 Å². The van der Waals surface area contributed by atoms with Crippen LogP contribution < -0.4 is 4.90 Å². The number of rotatable bonds is 4. The van der Waals surface area contributed by atoms with E-state index in [2.05, 4.69) is 22.9 Å². The van der Waals surface area contributed by atoms with E-state index in [-0.39, 0.29) is 11.9 Å². The summed E-state index contributed by atoms with van der Waals surface area (Å²) in [5.74, 6) is 0.146. The average Bonchev–Trinajstić information content (AvgIpc) is 2.46. The third kappa shape index (κ3) is 3.21. The van der Waals surface area contributed by atoms with Crippen LogP contribution in [0.5, 0.6) is 0 Å². The van der Waals surface area contributed by atoms with Gasteiger partial charge in [0, 0.05) is 32.4 Å². The van der Waals surface area contributed by atoms with Crippen LogP contribution in [0, 0.1) is 17.1 Å². The number of pyridine rings is 1. The van der Waals surface area contributed by atoms with Gasteiger partial charge in [-0.2, -0.15) is 5.26 Å². The molecule has 0 aliphatic carbocycles. The first-order valence-electron chi connectivity index (χ1n) is 6.75. The summed E-state index contributed by atoms with van der Waals surface area (Å²) >= 11 is 0. The summed E-state index contributed by atoms with van der Waals surface area (Å²) in [6, 6.07) is 5.38. The van der Waals surface area contributed by atoms with E-state index in [1.807, 2.05) is 4.90 Å². The minimum atomic E-state index is -0.277. The van der Waals surface area contributed by atoms with E-state index in [1.165, 1.54) is 6.07 Å². The molecule has 0 bridgehead atoms. The van der Waals surface area contributed by atoms with E-state index in [4.69, 9.17) is 5.26 Å². The lowest BCUT2D eigenvalue weighted by molar-refractivity contribution is 0.210. The van der Waals surface area contributed by atoms with Crippen molar-refractivity contribution >= 4 is 5.82 Å². The van der Waals surface area contributed by atoms with Crippen molar-refractivity contribution in [3.63, 3.8) is 0 Å². The van der Waals surface area contributed by atoms with Crippen molar-refractivity contribution in [1.29, 1.82) is 5.26 Å². The second kappa shape index (κ2) is 6.48. The number of anilines is 1. The molecule has 1 aromatic rings. The molecule has 5 heteroatoms. The molecule has 0 radical (unpaired) electrons. The van der Waals surface area contributed by atoms with Gasteiger partial charge < -0.3 is 4.90 Å². The summed E-state index contributed by atoms with van der Waals surface area (Å²) in [6.07, 6.45) is 3.52. The molecule has 1 aliphatic rings. The average molecular weight is 262 g/mol. The Hall–Kier alpha value is -1.67. The molecule has 4 nitrogen and oxygen atoms in total. The fraction of sp³-hybridized carbons (Fsp3) is 0.571. The van der Waals surface area contributed by atoms with Crippen LogP contribution in [-0.2, 0) is 0 Å². The lowest BCUT2D eigenvalue weighted by Gasteiger charge is -2.37. The fourth-order valence-corrected chi connectivity index (χ4v) is 2.46. The highest BCUT2D eigenvalue weighted by Gasteiger charge is 2.24. The van der Waals surface area contributed by atoms with Crippen molar-refractivity contribution in [2.24, 2.45) is 0 Å². The summed E-state index contributed by atoms with van der Waals surface area (Å²) in [4.78, 5) is 8.23. The molecule has 0 saturated carbocycles. The van der Waals surface area contributed by atoms with Gasteiger partial charge in [0.15, 0.2) is 11.6 Å². The Morgan fingerprint density at radius 1 is 1.42 bits per heavy atom. The van der Waals surface area contributed by atoms with E-state index in [1.54, 1.807) is 12.3 Å². The molecule has 1 fully saturated rings. The molecule has 19 heavy (non-hydrogen) atoms. The van der Waals surface area contributed by atoms with Crippen molar-refractivity contribution in [2.45, 2.75) is 25.8 Å². The highest BCUT2D eigenvalue weighted by atomic mass is 19.1.